The van der Waals surface area contributed by atoms with Gasteiger partial charge >= 0.3 is 0 Å². The van der Waals surface area contributed by atoms with Crippen LogP contribution in [0.2, 0.25) is 0 Å². The molecule has 23 heavy (non-hydrogen) atoms. The Bertz CT molecular complexity index is 625. The molecule has 3 rings (SSSR count). The largest absolute Gasteiger partial charge is 0.507 e. The highest BCUT2D eigenvalue weighted by molar-refractivity contribution is 5.58. The first-order chi connectivity index (χ1) is 10.9. The van der Waals surface area contributed by atoms with Gasteiger partial charge in [0.05, 0.1) is 0 Å². The lowest BCUT2D eigenvalue weighted by molar-refractivity contribution is 0.286. The molecule has 0 saturated carbocycles. The van der Waals surface area contributed by atoms with Gasteiger partial charge in [0.25, 0.3) is 0 Å². The second-order valence-corrected chi connectivity index (χ2v) is 7.92. The Hall–Kier alpha value is -1.44. The van der Waals surface area contributed by atoms with Crippen LogP contribution < -0.4 is 4.74 Å². The highest BCUT2D eigenvalue weighted by atomic mass is 16.5. The number of ether oxygens (including phenoxy) is 1. The van der Waals surface area contributed by atoms with Gasteiger partial charge in [-0.05, 0) is 54.9 Å². The number of rotatable bonds is 4. The zero-order chi connectivity index (χ0) is 16.6. The van der Waals surface area contributed by atoms with Gasteiger partial charge in [-0.1, -0.05) is 40.5 Å². The van der Waals surface area contributed by atoms with Crippen LogP contribution in [0.15, 0.2) is 23.5 Å². The lowest BCUT2D eigenvalue weighted by Crippen LogP contribution is -2.31. The summed E-state index contributed by atoms with van der Waals surface area (Å²) in [4.78, 5) is 0. The molecule has 0 spiro atoms. The molecule has 1 heterocycles. The molecule has 1 aromatic rings. The van der Waals surface area contributed by atoms with E-state index in [2.05, 4.69) is 33.8 Å². The van der Waals surface area contributed by atoms with E-state index < -0.39 is 0 Å². The molecule has 0 radical (unpaired) electrons. The quantitative estimate of drug-likeness (QED) is 0.704. The molecule has 0 saturated heterocycles. The molecular weight excluding hydrogens is 284 g/mol. The smallest absolute Gasteiger partial charge is 0.134 e. The van der Waals surface area contributed by atoms with Crippen molar-refractivity contribution >= 4 is 0 Å². The molecule has 2 aliphatic rings. The fraction of sp³-hybridized carbons (Fsp3) is 0.619. The van der Waals surface area contributed by atoms with Gasteiger partial charge in [0.1, 0.15) is 17.3 Å². The van der Waals surface area contributed by atoms with Crippen LogP contribution in [0.1, 0.15) is 77.3 Å². The van der Waals surface area contributed by atoms with E-state index in [0.29, 0.717) is 11.7 Å². The van der Waals surface area contributed by atoms with E-state index in [1.807, 2.05) is 6.07 Å². The van der Waals surface area contributed by atoms with Crippen LogP contribution in [0.3, 0.4) is 0 Å². The van der Waals surface area contributed by atoms with E-state index in [-0.39, 0.29) is 5.41 Å². The molecule has 1 aliphatic carbocycles. The van der Waals surface area contributed by atoms with E-state index in [0.717, 1.165) is 36.3 Å². The van der Waals surface area contributed by atoms with Crippen molar-refractivity contribution in [1.29, 1.82) is 0 Å². The van der Waals surface area contributed by atoms with Crippen LogP contribution >= 0.6 is 0 Å². The van der Waals surface area contributed by atoms with Gasteiger partial charge in [-0.2, -0.15) is 0 Å². The highest BCUT2D eigenvalue weighted by Crippen LogP contribution is 2.52. The first kappa shape index (κ1) is 16.4. The molecule has 0 fully saturated rings. The molecular formula is C21H30O2. The maximum atomic E-state index is 10.7. The monoisotopic (exact) mass is 314 g/mol. The Balaban J connectivity index is 1.96. The zero-order valence-electron chi connectivity index (χ0n) is 15.0. The lowest BCUT2D eigenvalue weighted by Gasteiger charge is -2.40. The second-order valence-electron chi connectivity index (χ2n) is 7.92. The molecule has 1 N–H and O–H groups in total. The van der Waals surface area contributed by atoms with Crippen LogP contribution in [0.25, 0.3) is 0 Å². The number of hydrogen-bond acceptors (Lipinski definition) is 2. The summed E-state index contributed by atoms with van der Waals surface area (Å²) >= 11 is 0. The summed E-state index contributed by atoms with van der Waals surface area (Å²) in [5.74, 6) is 3.14. The molecule has 2 nitrogen and oxygen atoms in total. The summed E-state index contributed by atoms with van der Waals surface area (Å²) in [6.07, 6.45) is 7.96. The summed E-state index contributed by atoms with van der Waals surface area (Å²) in [6.45, 7) is 8.98. The third kappa shape index (κ3) is 3.00. The molecule has 0 aromatic heterocycles. The minimum absolute atomic E-state index is 0.130. The van der Waals surface area contributed by atoms with E-state index >= 15 is 0 Å². The van der Waals surface area contributed by atoms with Gasteiger partial charge in [0.15, 0.2) is 0 Å². The van der Waals surface area contributed by atoms with Gasteiger partial charge in [-0.3, -0.25) is 0 Å². The Morgan fingerprint density at radius 1 is 1.26 bits per heavy atom. The third-order valence-electron chi connectivity index (χ3n) is 5.58. The first-order valence-electron chi connectivity index (χ1n) is 9.20. The van der Waals surface area contributed by atoms with Crippen molar-refractivity contribution < 1.29 is 9.84 Å². The highest BCUT2D eigenvalue weighted by Gasteiger charge is 2.40. The number of phenols is 1. The minimum atomic E-state index is -0.130. The van der Waals surface area contributed by atoms with Crippen molar-refractivity contribution in [2.45, 2.75) is 78.1 Å². The van der Waals surface area contributed by atoms with Crippen LogP contribution in [0.5, 0.6) is 11.5 Å². The fourth-order valence-corrected chi connectivity index (χ4v) is 4.21. The number of benzene rings is 1. The molecule has 0 amide bonds. The van der Waals surface area contributed by atoms with Crippen molar-refractivity contribution in [3.8, 4) is 11.5 Å². The van der Waals surface area contributed by atoms with E-state index in [9.17, 15) is 5.11 Å². The molecule has 0 unspecified atom stereocenters. The molecule has 0 bridgehead atoms. The molecule has 1 atom stereocenters. The predicted octanol–water partition coefficient (Wildman–Crippen LogP) is 5.87. The van der Waals surface area contributed by atoms with Crippen molar-refractivity contribution in [3.63, 3.8) is 0 Å². The molecule has 126 valence electrons. The number of aryl methyl sites for hydroxylation is 1. The van der Waals surface area contributed by atoms with Crippen molar-refractivity contribution in [1.82, 2.24) is 0 Å². The van der Waals surface area contributed by atoms with Crippen LogP contribution in [0.4, 0.5) is 0 Å². The van der Waals surface area contributed by atoms with Crippen LogP contribution in [0, 0.1) is 5.92 Å². The average Bonchev–Trinajstić information content (AvgIpc) is 2.46. The van der Waals surface area contributed by atoms with Gasteiger partial charge in [0, 0.05) is 17.4 Å². The van der Waals surface area contributed by atoms with Gasteiger partial charge < -0.3 is 9.84 Å². The minimum Gasteiger partial charge on any atom is -0.507 e. The summed E-state index contributed by atoms with van der Waals surface area (Å²) in [5, 5.41) is 10.7. The van der Waals surface area contributed by atoms with Gasteiger partial charge in [-0.15, -0.1) is 0 Å². The number of phenolic OH excluding ortho intramolecular Hbond substituents is 1. The summed E-state index contributed by atoms with van der Waals surface area (Å²) in [7, 11) is 0. The van der Waals surface area contributed by atoms with Gasteiger partial charge in [-0.25, -0.2) is 0 Å². The van der Waals surface area contributed by atoms with Crippen molar-refractivity contribution in [2.75, 3.05) is 0 Å². The van der Waals surface area contributed by atoms with Crippen molar-refractivity contribution in [2.24, 2.45) is 5.92 Å². The number of hydrogen-bond donors (Lipinski definition) is 1. The third-order valence-corrected chi connectivity index (χ3v) is 5.58. The Morgan fingerprint density at radius 3 is 2.78 bits per heavy atom. The topological polar surface area (TPSA) is 29.5 Å². The number of fused-ring (bicyclic) bond motifs is 1. The number of aromatic hydroxyl groups is 1. The molecule has 1 aromatic carbocycles. The predicted molar refractivity (Wildman–Crippen MR) is 95.0 cm³/mol. The number of unbranched alkanes of at least 4 members (excludes halogenated alkanes) is 2. The Morgan fingerprint density at radius 2 is 2.04 bits per heavy atom. The lowest BCUT2D eigenvalue weighted by atomic mass is 9.69. The first-order valence-corrected chi connectivity index (χ1v) is 9.20. The van der Waals surface area contributed by atoms with Gasteiger partial charge in [0.2, 0.25) is 0 Å². The van der Waals surface area contributed by atoms with E-state index in [4.69, 9.17) is 4.74 Å². The second kappa shape index (κ2) is 6.22. The summed E-state index contributed by atoms with van der Waals surface area (Å²) < 4.78 is 6.29. The molecule has 2 heteroatoms. The zero-order valence-corrected chi connectivity index (χ0v) is 15.0. The van der Waals surface area contributed by atoms with Crippen LogP contribution in [-0.4, -0.2) is 5.11 Å². The van der Waals surface area contributed by atoms with Crippen molar-refractivity contribution in [3.05, 3.63) is 34.6 Å². The SMILES string of the molecule is CCCCCc1cc(O)c2c(c1)OC1=C(CC[C@@H](C)C1)C2(C)C. The standard InChI is InChI=1S/C21H30O2/c1-5-6-7-8-15-12-17(22)20-19(13-15)23-18-11-14(2)9-10-16(18)21(20,3)4/h12-14,22H,5-11H2,1-4H3/t14-/m1/s1. The number of allylic oxidation sites excluding steroid dienone is 2. The van der Waals surface area contributed by atoms with E-state index in [1.54, 1.807) is 0 Å². The Kier molecular flexibility index (Phi) is 4.44. The summed E-state index contributed by atoms with van der Waals surface area (Å²) in [5.41, 5.74) is 3.43. The average molecular weight is 314 g/mol. The maximum Gasteiger partial charge on any atom is 0.134 e. The van der Waals surface area contributed by atoms with Crippen LogP contribution in [-0.2, 0) is 11.8 Å². The fourth-order valence-electron chi connectivity index (χ4n) is 4.21. The Labute approximate surface area is 140 Å². The summed E-state index contributed by atoms with van der Waals surface area (Å²) in [6, 6.07) is 4.12. The maximum absolute atomic E-state index is 10.7. The normalized spacial score (nSPS) is 22.3. The van der Waals surface area contributed by atoms with E-state index in [1.165, 1.54) is 36.8 Å². The molecule has 1 aliphatic heterocycles.